The molecule has 0 aliphatic carbocycles. The minimum atomic E-state index is -3.76. The Morgan fingerprint density at radius 1 is 1.11 bits per heavy atom. The van der Waals surface area contributed by atoms with Gasteiger partial charge in [-0.2, -0.15) is 0 Å². The molecule has 144 valence electrons. The highest BCUT2D eigenvalue weighted by Crippen LogP contribution is 2.23. The molecule has 1 heterocycles. The van der Waals surface area contributed by atoms with E-state index >= 15 is 0 Å². The zero-order valence-corrected chi connectivity index (χ0v) is 16.6. The maximum atomic E-state index is 12.9. The van der Waals surface area contributed by atoms with Gasteiger partial charge in [-0.05, 0) is 41.5 Å². The average molecular weight is 438 g/mol. The number of carbonyl (C=O) groups excluding carboxylic acids is 1. The quantitative estimate of drug-likeness (QED) is 0.465. The molecule has 0 saturated carbocycles. The second kappa shape index (κ2) is 8.59. The van der Waals surface area contributed by atoms with E-state index in [1.807, 2.05) is 0 Å². The molecule has 0 aliphatic rings. The molecule has 2 aromatic carbocycles. The van der Waals surface area contributed by atoms with Crippen LogP contribution in [0.25, 0.3) is 6.08 Å². The van der Waals surface area contributed by atoms with E-state index in [1.54, 1.807) is 30.3 Å². The van der Waals surface area contributed by atoms with Crippen molar-refractivity contribution in [1.82, 2.24) is 10.2 Å². The SMILES string of the molecule is O=C(C=Cc1ccc(Cl)cc1)Nc1nnc(S(=O)(=O)Cc2ccc(F)cc2)s1. The van der Waals surface area contributed by atoms with Gasteiger partial charge in [-0.3, -0.25) is 10.1 Å². The van der Waals surface area contributed by atoms with E-state index < -0.39 is 21.6 Å². The number of rotatable bonds is 6. The molecule has 3 rings (SSSR count). The van der Waals surface area contributed by atoms with Crippen molar-refractivity contribution < 1.29 is 17.6 Å². The molecule has 0 saturated heterocycles. The van der Waals surface area contributed by atoms with Gasteiger partial charge >= 0.3 is 0 Å². The Labute approximate surface area is 169 Å². The molecule has 0 unspecified atom stereocenters. The van der Waals surface area contributed by atoms with Crippen LogP contribution in [-0.4, -0.2) is 24.5 Å². The van der Waals surface area contributed by atoms with Crippen LogP contribution in [0.2, 0.25) is 5.02 Å². The summed E-state index contributed by atoms with van der Waals surface area (Å²) in [7, 11) is -3.76. The zero-order valence-electron chi connectivity index (χ0n) is 14.2. The van der Waals surface area contributed by atoms with Crippen molar-refractivity contribution >= 4 is 49.9 Å². The van der Waals surface area contributed by atoms with Crippen molar-refractivity contribution in [2.75, 3.05) is 5.32 Å². The zero-order chi connectivity index (χ0) is 20.1. The lowest BCUT2D eigenvalue weighted by Crippen LogP contribution is -2.07. The number of carbonyl (C=O) groups is 1. The summed E-state index contributed by atoms with van der Waals surface area (Å²) in [5.74, 6) is -1.27. The number of aromatic nitrogens is 2. The first-order valence-corrected chi connectivity index (χ1v) is 10.7. The number of hydrogen-bond donors (Lipinski definition) is 1. The van der Waals surface area contributed by atoms with Crippen molar-refractivity contribution in [2.45, 2.75) is 10.1 Å². The predicted octanol–water partition coefficient (Wildman–Crippen LogP) is 3.96. The molecule has 1 N–H and O–H groups in total. The van der Waals surface area contributed by atoms with Gasteiger partial charge in [-0.25, -0.2) is 12.8 Å². The van der Waals surface area contributed by atoms with Crippen LogP contribution in [0.5, 0.6) is 0 Å². The van der Waals surface area contributed by atoms with Crippen molar-refractivity contribution in [2.24, 2.45) is 0 Å². The van der Waals surface area contributed by atoms with Crippen LogP contribution in [0.1, 0.15) is 11.1 Å². The van der Waals surface area contributed by atoms with E-state index in [9.17, 15) is 17.6 Å². The maximum Gasteiger partial charge on any atom is 0.250 e. The Hall–Kier alpha value is -2.62. The highest BCUT2D eigenvalue weighted by Gasteiger charge is 2.21. The van der Waals surface area contributed by atoms with Gasteiger partial charge in [-0.15, -0.1) is 10.2 Å². The summed E-state index contributed by atoms with van der Waals surface area (Å²) in [4.78, 5) is 12.0. The minimum absolute atomic E-state index is 0.0587. The van der Waals surface area contributed by atoms with Gasteiger partial charge in [0, 0.05) is 11.1 Å². The first-order valence-electron chi connectivity index (χ1n) is 7.87. The highest BCUT2D eigenvalue weighted by molar-refractivity contribution is 7.92. The van der Waals surface area contributed by atoms with Gasteiger partial charge in [0.05, 0.1) is 5.75 Å². The van der Waals surface area contributed by atoms with Crippen LogP contribution < -0.4 is 5.32 Å². The number of nitrogens with zero attached hydrogens (tertiary/aromatic N) is 2. The van der Waals surface area contributed by atoms with E-state index in [0.29, 0.717) is 10.6 Å². The summed E-state index contributed by atoms with van der Waals surface area (Å²) in [6.45, 7) is 0. The molecule has 0 radical (unpaired) electrons. The molecule has 6 nitrogen and oxygen atoms in total. The minimum Gasteiger partial charge on any atom is -0.297 e. The first-order chi connectivity index (χ1) is 13.3. The second-order valence-electron chi connectivity index (χ2n) is 5.63. The summed E-state index contributed by atoms with van der Waals surface area (Å²) in [5, 5.41) is 10.4. The Morgan fingerprint density at radius 2 is 1.79 bits per heavy atom. The van der Waals surface area contributed by atoms with Crippen LogP contribution in [0.15, 0.2) is 58.9 Å². The van der Waals surface area contributed by atoms with E-state index in [2.05, 4.69) is 15.5 Å². The summed E-state index contributed by atoms with van der Waals surface area (Å²) in [6, 6.07) is 12.0. The van der Waals surface area contributed by atoms with Crippen LogP contribution in [0.4, 0.5) is 9.52 Å². The lowest BCUT2D eigenvalue weighted by atomic mass is 10.2. The number of hydrogen-bond acceptors (Lipinski definition) is 6. The number of amides is 1. The summed E-state index contributed by atoms with van der Waals surface area (Å²) in [6.07, 6.45) is 2.87. The van der Waals surface area contributed by atoms with E-state index in [0.717, 1.165) is 16.9 Å². The van der Waals surface area contributed by atoms with Crippen molar-refractivity contribution in [3.8, 4) is 0 Å². The van der Waals surface area contributed by atoms with Crippen LogP contribution >= 0.6 is 22.9 Å². The van der Waals surface area contributed by atoms with Crippen LogP contribution in [-0.2, 0) is 20.4 Å². The lowest BCUT2D eigenvalue weighted by molar-refractivity contribution is -0.111. The summed E-state index contributed by atoms with van der Waals surface area (Å²) in [5.41, 5.74) is 1.20. The molecule has 1 amide bonds. The molecule has 0 bridgehead atoms. The fraction of sp³-hybridized carbons (Fsp3) is 0.0556. The molecule has 0 spiro atoms. The van der Waals surface area contributed by atoms with Gasteiger partial charge in [0.2, 0.25) is 25.2 Å². The average Bonchev–Trinajstić information content (AvgIpc) is 3.12. The second-order valence-corrected chi connectivity index (χ2v) is 9.21. The smallest absolute Gasteiger partial charge is 0.250 e. The van der Waals surface area contributed by atoms with Crippen molar-refractivity contribution in [3.63, 3.8) is 0 Å². The predicted molar refractivity (Wildman–Crippen MR) is 106 cm³/mol. The first kappa shape index (κ1) is 20.1. The van der Waals surface area contributed by atoms with Gasteiger partial charge in [-0.1, -0.05) is 47.2 Å². The molecular weight excluding hydrogens is 425 g/mol. The van der Waals surface area contributed by atoms with Crippen LogP contribution in [0, 0.1) is 5.82 Å². The number of benzene rings is 2. The Bertz CT molecular complexity index is 1110. The molecular formula is C18H13ClFN3O3S2. The van der Waals surface area contributed by atoms with Crippen LogP contribution in [0.3, 0.4) is 0 Å². The molecule has 10 heteroatoms. The largest absolute Gasteiger partial charge is 0.297 e. The third-order valence-electron chi connectivity index (χ3n) is 3.47. The van der Waals surface area contributed by atoms with Gasteiger partial charge in [0.1, 0.15) is 5.82 Å². The molecule has 3 aromatic rings. The topological polar surface area (TPSA) is 89.0 Å². The molecule has 0 atom stereocenters. The van der Waals surface area contributed by atoms with E-state index in [-0.39, 0.29) is 15.2 Å². The monoisotopic (exact) mass is 437 g/mol. The van der Waals surface area contributed by atoms with Gasteiger partial charge in [0.15, 0.2) is 0 Å². The van der Waals surface area contributed by atoms with Gasteiger partial charge in [0.25, 0.3) is 0 Å². The summed E-state index contributed by atoms with van der Waals surface area (Å²) < 4.78 is 37.5. The normalized spacial score (nSPS) is 11.6. The standard InChI is InChI=1S/C18H13ClFN3O3S2/c19-14-6-1-12(2-7-14)5-10-16(24)21-17-22-23-18(27-17)28(25,26)11-13-3-8-15(20)9-4-13/h1-10H,11H2,(H,21,22,24). The molecule has 1 aromatic heterocycles. The third kappa shape index (κ3) is 5.44. The maximum absolute atomic E-state index is 12.9. The lowest BCUT2D eigenvalue weighted by Gasteiger charge is -2.00. The highest BCUT2D eigenvalue weighted by atomic mass is 35.5. The summed E-state index contributed by atoms with van der Waals surface area (Å²) >= 11 is 6.54. The Kier molecular flexibility index (Phi) is 6.18. The fourth-order valence-corrected chi connectivity index (χ4v) is 4.59. The van der Waals surface area contributed by atoms with Crippen molar-refractivity contribution in [3.05, 3.63) is 76.6 Å². The number of anilines is 1. The Balaban J connectivity index is 1.65. The van der Waals surface area contributed by atoms with E-state index in [1.165, 1.54) is 30.3 Å². The fourth-order valence-electron chi connectivity index (χ4n) is 2.14. The number of sulfone groups is 1. The third-order valence-corrected chi connectivity index (χ3v) is 6.69. The molecule has 0 aliphatic heterocycles. The Morgan fingerprint density at radius 3 is 2.46 bits per heavy atom. The van der Waals surface area contributed by atoms with Crippen molar-refractivity contribution in [1.29, 1.82) is 0 Å². The van der Waals surface area contributed by atoms with E-state index in [4.69, 9.17) is 11.6 Å². The van der Waals surface area contributed by atoms with Gasteiger partial charge < -0.3 is 0 Å². The molecule has 0 fully saturated rings. The molecule has 28 heavy (non-hydrogen) atoms. The number of halogens is 2. The number of nitrogens with one attached hydrogen (secondary N) is 1.